The van der Waals surface area contributed by atoms with E-state index in [4.69, 9.17) is 17.0 Å². The van der Waals surface area contributed by atoms with Crippen molar-refractivity contribution in [3.05, 3.63) is 129 Å². The Morgan fingerprint density at radius 2 is 1.20 bits per heavy atom. The van der Waals surface area contributed by atoms with Gasteiger partial charge < -0.3 is 0 Å². The third kappa shape index (κ3) is 6.20. The molecule has 2 aliphatic rings. The summed E-state index contributed by atoms with van der Waals surface area (Å²) in [5.74, 6) is -0.735. The van der Waals surface area contributed by atoms with E-state index in [0.717, 1.165) is 12.8 Å². The van der Waals surface area contributed by atoms with Crippen molar-refractivity contribution >= 4 is 35.1 Å². The summed E-state index contributed by atoms with van der Waals surface area (Å²) in [5.41, 5.74) is 16.2. The molecule has 0 fully saturated rings. The number of fused-ring (bicyclic) bond motifs is 2. The molecule has 0 bridgehead atoms. The van der Waals surface area contributed by atoms with Gasteiger partial charge in [0.2, 0.25) is 0 Å². The number of hydrogen-bond donors (Lipinski definition) is 0. The molecule has 0 saturated carbocycles. The van der Waals surface area contributed by atoms with Crippen molar-refractivity contribution in [2.24, 2.45) is 5.92 Å². The Kier molecular flexibility index (Phi) is 10.2. The van der Waals surface area contributed by atoms with Crippen LogP contribution in [-0.2, 0) is 21.0 Å². The summed E-state index contributed by atoms with van der Waals surface area (Å²) >= 11 is -4.85. The summed E-state index contributed by atoms with van der Waals surface area (Å²) in [5, 5.41) is 0. The molecule has 0 saturated heterocycles. The number of hydrogen-bond acceptors (Lipinski definition) is 0. The Labute approximate surface area is 305 Å². The van der Waals surface area contributed by atoms with E-state index in [1.807, 2.05) is 0 Å². The van der Waals surface area contributed by atoms with Crippen LogP contribution in [-0.4, -0.2) is 5.92 Å². The van der Waals surface area contributed by atoms with Gasteiger partial charge >= 0.3 is 308 Å². The van der Waals surface area contributed by atoms with Gasteiger partial charge in [-0.15, -0.1) is 0 Å². The Balaban J connectivity index is 1.53. The van der Waals surface area contributed by atoms with E-state index < -0.39 is 21.5 Å². The average Bonchev–Trinajstić information content (AvgIpc) is 3.68. The molecule has 257 valence electrons. The molecule has 3 atom stereocenters. The molecule has 0 aliphatic heterocycles. The first-order valence-corrected chi connectivity index (χ1v) is 34.9. The van der Waals surface area contributed by atoms with Crippen LogP contribution in [0, 0.1) is 5.92 Å². The van der Waals surface area contributed by atoms with Gasteiger partial charge in [0.15, 0.2) is 0 Å². The molecule has 0 nitrogen and oxygen atoms in total. The van der Waals surface area contributed by atoms with E-state index in [9.17, 15) is 0 Å². The SMILES string of the molecule is CCC1=Cc2c(-c3ccc(C(C)CC)cc3)cccc2[CH]1[Zr]([Cl])([Cl])([CH]1C(C(C)C)=Cc2c(-c3ccc(C(C)(C)C)cc3)cccc21)[SiH](C)C. The second-order valence-corrected chi connectivity index (χ2v) is 59.0. The molecule has 0 N–H and O–H groups in total. The van der Waals surface area contributed by atoms with Crippen molar-refractivity contribution in [2.75, 3.05) is 0 Å². The van der Waals surface area contributed by atoms with Crippen molar-refractivity contribution in [2.45, 2.75) is 99.9 Å². The van der Waals surface area contributed by atoms with Gasteiger partial charge in [-0.1, -0.05) is 0 Å². The van der Waals surface area contributed by atoms with Crippen LogP contribution in [0.5, 0.6) is 0 Å². The molecular formula is C45H55Cl2SiZr. The van der Waals surface area contributed by atoms with E-state index in [-0.39, 0.29) is 12.7 Å². The van der Waals surface area contributed by atoms with Gasteiger partial charge in [-0.05, 0) is 0 Å². The van der Waals surface area contributed by atoms with Gasteiger partial charge in [0.25, 0.3) is 0 Å². The molecule has 49 heavy (non-hydrogen) atoms. The summed E-state index contributed by atoms with van der Waals surface area (Å²) in [6, 6.07) is 32.3. The second kappa shape index (κ2) is 13.5. The second-order valence-electron chi connectivity index (χ2n) is 16.5. The maximum absolute atomic E-state index is 8.70. The summed E-state index contributed by atoms with van der Waals surface area (Å²) in [6.45, 7) is 23.3. The zero-order chi connectivity index (χ0) is 35.5. The van der Waals surface area contributed by atoms with E-state index >= 15 is 0 Å². The quantitative estimate of drug-likeness (QED) is 0.148. The van der Waals surface area contributed by atoms with E-state index in [1.54, 1.807) is 0 Å². The van der Waals surface area contributed by atoms with Crippen molar-refractivity contribution in [1.82, 2.24) is 0 Å². The summed E-state index contributed by atoms with van der Waals surface area (Å²) in [4.78, 5) is 0. The van der Waals surface area contributed by atoms with Crippen molar-refractivity contribution in [3.63, 3.8) is 0 Å². The fraction of sp³-hybridized carbons (Fsp3) is 0.378. The first-order chi connectivity index (χ1) is 23.1. The van der Waals surface area contributed by atoms with Crippen LogP contribution in [0.1, 0.15) is 115 Å². The average molecular weight is 786 g/mol. The molecule has 4 aromatic carbocycles. The Morgan fingerprint density at radius 3 is 1.67 bits per heavy atom. The number of benzene rings is 4. The summed E-state index contributed by atoms with van der Waals surface area (Å²) in [7, 11) is 17.4. The van der Waals surface area contributed by atoms with Crippen LogP contribution in [0.4, 0.5) is 0 Å². The van der Waals surface area contributed by atoms with Gasteiger partial charge in [-0.2, -0.15) is 0 Å². The molecule has 3 unspecified atom stereocenters. The molecule has 2 aliphatic carbocycles. The third-order valence-electron chi connectivity index (χ3n) is 12.0. The molecule has 0 amide bonds. The zero-order valence-electron chi connectivity index (χ0n) is 31.3. The molecule has 4 aromatic rings. The van der Waals surface area contributed by atoms with Crippen LogP contribution in [0.3, 0.4) is 0 Å². The first-order valence-electron chi connectivity index (χ1n) is 18.6. The van der Waals surface area contributed by atoms with Crippen LogP contribution in [0.2, 0.25) is 13.1 Å². The number of rotatable bonds is 9. The molecular weight excluding hydrogens is 731 g/mol. The van der Waals surface area contributed by atoms with E-state index in [2.05, 4.69) is 166 Å². The first kappa shape index (κ1) is 36.8. The van der Waals surface area contributed by atoms with E-state index in [1.165, 1.54) is 66.8 Å². The monoisotopic (exact) mass is 783 g/mol. The normalized spacial score (nSPS) is 18.9. The molecule has 6 rings (SSSR count). The Bertz CT molecular complexity index is 1920. The third-order valence-corrected chi connectivity index (χ3v) is 63.8. The van der Waals surface area contributed by atoms with E-state index in [0.29, 0.717) is 11.8 Å². The van der Waals surface area contributed by atoms with Gasteiger partial charge in [0.05, 0.1) is 0 Å². The van der Waals surface area contributed by atoms with Gasteiger partial charge in [-0.3, -0.25) is 0 Å². The fourth-order valence-corrected chi connectivity index (χ4v) is 40.3. The number of allylic oxidation sites excluding steroid dienone is 2. The minimum atomic E-state index is -4.85. The van der Waals surface area contributed by atoms with Crippen LogP contribution in [0.25, 0.3) is 34.4 Å². The maximum atomic E-state index is 8.70. The predicted molar refractivity (Wildman–Crippen MR) is 218 cm³/mol. The van der Waals surface area contributed by atoms with Gasteiger partial charge in [-0.25, -0.2) is 0 Å². The minimum absolute atomic E-state index is 0.0876. The van der Waals surface area contributed by atoms with Gasteiger partial charge in [0, 0.05) is 0 Å². The van der Waals surface area contributed by atoms with Crippen molar-refractivity contribution < 1.29 is 15.6 Å². The fourth-order valence-electron chi connectivity index (χ4n) is 8.68. The Morgan fingerprint density at radius 1 is 0.694 bits per heavy atom. The zero-order valence-corrected chi connectivity index (χ0v) is 36.4. The summed E-state index contributed by atoms with van der Waals surface area (Å²) in [6.07, 6.45) is 7.07. The standard InChI is InChI=1S/C22H25.C21H23.C2H7Si.2ClH.Zr/c1-15(2)18-13-17-7-6-8-20(21(17)14-18)16-9-11-19(12-10-16)22(3,4)5;1-4-15(3)17-9-11-18(12-10-17)20-8-6-7-19-13-16(5-2)14-21(19)20;1-3-2;;;/h6-15H,1-5H3;6-15H,4-5H2,1-3H3;3H,1-2H3;2*1H;/q;;;;;+2/p-2. The van der Waals surface area contributed by atoms with Gasteiger partial charge in [0.1, 0.15) is 0 Å². The van der Waals surface area contributed by atoms with Crippen molar-refractivity contribution in [1.29, 1.82) is 0 Å². The Hall–Kier alpha value is -1.96. The van der Waals surface area contributed by atoms with Crippen LogP contribution >= 0.6 is 17.0 Å². The van der Waals surface area contributed by atoms with Crippen molar-refractivity contribution in [3.8, 4) is 22.3 Å². The topological polar surface area (TPSA) is 0 Å². The van der Waals surface area contributed by atoms with Crippen LogP contribution < -0.4 is 0 Å². The molecule has 4 heteroatoms. The van der Waals surface area contributed by atoms with Crippen LogP contribution in [0.15, 0.2) is 96.1 Å². The molecule has 0 radical (unpaired) electrons. The molecule has 0 spiro atoms. The number of halogens is 2. The predicted octanol–water partition coefficient (Wildman–Crippen LogP) is 14.5. The summed E-state index contributed by atoms with van der Waals surface area (Å²) < 4.78 is 0.188. The molecule has 0 heterocycles. The molecule has 0 aromatic heterocycles.